The molecule has 0 spiro atoms. The molecule has 0 saturated heterocycles. The van der Waals surface area contributed by atoms with Crippen molar-refractivity contribution in [3.8, 4) is 0 Å². The first-order valence-corrected chi connectivity index (χ1v) is 15.6. The van der Waals surface area contributed by atoms with Gasteiger partial charge in [-0.25, -0.2) is 0 Å². The predicted molar refractivity (Wildman–Crippen MR) is 154 cm³/mol. The number of carboxylic acids is 4. The molecule has 0 unspecified atom stereocenters. The Morgan fingerprint density at radius 1 is 0.471 bits per heavy atom. The molecule has 0 aliphatic heterocycles. The van der Waals surface area contributed by atoms with Crippen LogP contribution in [0.5, 0.6) is 0 Å². The lowest BCUT2D eigenvalue weighted by Crippen LogP contribution is -1.93. The Hall–Kier alpha value is 0.520. The van der Waals surface area contributed by atoms with Gasteiger partial charge in [-0.3, -0.25) is 19.2 Å². The Morgan fingerprint density at radius 2 is 0.647 bits per heavy atom. The molecule has 0 aromatic heterocycles. The van der Waals surface area contributed by atoms with Crippen molar-refractivity contribution >= 4 is 118 Å². The lowest BCUT2D eigenvalue weighted by Gasteiger charge is -1.85. The molecular weight excluding hydrogens is 617 g/mol. The van der Waals surface area contributed by atoms with Gasteiger partial charge in [0.2, 0.25) is 0 Å². The van der Waals surface area contributed by atoms with Gasteiger partial charge in [0, 0.05) is 11.5 Å². The van der Waals surface area contributed by atoms with Crippen LogP contribution >= 0.6 is 93.7 Å². The average Bonchev–Trinajstić information content (AvgIpc) is 2.78. The van der Waals surface area contributed by atoms with Gasteiger partial charge in [-0.1, -0.05) is 43.2 Å². The largest absolute Gasteiger partial charge is 0.481 e. The van der Waals surface area contributed by atoms with Gasteiger partial charge in [-0.15, -0.1) is 0 Å². The third kappa shape index (κ3) is 118. The lowest BCUT2D eigenvalue weighted by molar-refractivity contribution is -0.137. The minimum absolute atomic E-state index is 0.0746. The number of aliphatic carboxylic acids is 4. The molecule has 208 valence electrons. The van der Waals surface area contributed by atoms with Crippen molar-refractivity contribution in [3.63, 3.8) is 0 Å². The number of rotatable bonds is 12. The third-order valence-electron chi connectivity index (χ3n) is 1.30. The molecule has 20 heteroatoms. The second-order valence-electron chi connectivity index (χ2n) is 3.83. The highest BCUT2D eigenvalue weighted by molar-refractivity contribution is 8.76. The van der Waals surface area contributed by atoms with Crippen LogP contribution < -0.4 is 0 Å². The number of hydrogen-bond donors (Lipinski definition) is 12. The second-order valence-corrected chi connectivity index (χ2v) is 10.2. The molecule has 0 bridgehead atoms. The number of aliphatic hydroxyl groups excluding tert-OH is 4. The quantitative estimate of drug-likeness (QED) is 0.0619. The summed E-state index contributed by atoms with van der Waals surface area (Å²) < 4.78 is 0. The van der Waals surface area contributed by atoms with Crippen molar-refractivity contribution in [1.82, 2.24) is 0 Å². The molecule has 0 heterocycles. The summed E-state index contributed by atoms with van der Waals surface area (Å²) in [6.07, 6.45) is 0.312. The number of hydrogen-bond acceptors (Lipinski definition) is 16. The Morgan fingerprint density at radius 3 is 0.676 bits per heavy atom. The first-order valence-electron chi connectivity index (χ1n) is 8.14. The molecule has 8 N–H and O–H groups in total. The van der Waals surface area contributed by atoms with Crippen molar-refractivity contribution in [1.29, 1.82) is 0 Å². The molecule has 0 aromatic carbocycles. The zero-order valence-corrected chi connectivity index (χ0v) is 24.5. The van der Waals surface area contributed by atoms with E-state index in [4.69, 9.17) is 40.9 Å². The van der Waals surface area contributed by atoms with Crippen molar-refractivity contribution < 1.29 is 60.0 Å². The zero-order chi connectivity index (χ0) is 28.2. The van der Waals surface area contributed by atoms with E-state index >= 15 is 0 Å². The molecule has 0 aliphatic rings. The first-order chi connectivity index (χ1) is 15.9. The molecule has 0 atom stereocenters. The lowest BCUT2D eigenvalue weighted by atomic mass is 10.5. The van der Waals surface area contributed by atoms with E-state index in [9.17, 15) is 19.2 Å². The van der Waals surface area contributed by atoms with E-state index in [1.807, 2.05) is 0 Å². The van der Waals surface area contributed by atoms with E-state index in [0.717, 1.165) is 0 Å². The fourth-order valence-electron chi connectivity index (χ4n) is 0.340. The Labute approximate surface area is 235 Å². The number of carbonyl (C=O) groups is 4. The van der Waals surface area contributed by atoms with Crippen LogP contribution in [0.4, 0.5) is 0 Å². The Kier molecular flexibility index (Phi) is 70.7. The molecule has 12 nitrogen and oxygen atoms in total. The highest BCUT2D eigenvalue weighted by Crippen LogP contribution is 2.17. The van der Waals surface area contributed by atoms with Gasteiger partial charge in [-0.2, -0.15) is 50.5 Å². The van der Waals surface area contributed by atoms with Crippen molar-refractivity contribution in [3.05, 3.63) is 0 Å². The molecule has 0 radical (unpaired) electrons. The van der Waals surface area contributed by atoms with E-state index < -0.39 is 23.9 Å². The van der Waals surface area contributed by atoms with Crippen LogP contribution in [0.2, 0.25) is 0 Å². The van der Waals surface area contributed by atoms with Crippen molar-refractivity contribution in [2.24, 2.45) is 0 Å². The van der Waals surface area contributed by atoms with Crippen LogP contribution in [0.3, 0.4) is 0 Å². The number of aliphatic hydroxyl groups is 4. The summed E-state index contributed by atoms with van der Waals surface area (Å²) in [5.74, 6) is -2.35. The highest BCUT2D eigenvalue weighted by atomic mass is 33.1. The van der Waals surface area contributed by atoms with Crippen LogP contribution in [0.1, 0.15) is 12.8 Å². The summed E-state index contributed by atoms with van der Waals surface area (Å²) in [6.45, 7) is 0. The fourth-order valence-corrected chi connectivity index (χ4v) is 1.92. The summed E-state index contributed by atoms with van der Waals surface area (Å²) in [7, 11) is 4.92. The van der Waals surface area contributed by atoms with Gasteiger partial charge in [0.15, 0.2) is 0 Å². The maximum Gasteiger partial charge on any atom is 0.313 e. The average molecular weight is 649 g/mol. The molecule has 0 aliphatic carbocycles. The minimum Gasteiger partial charge on any atom is -0.481 e. The highest BCUT2D eigenvalue weighted by Gasteiger charge is 1.88. The zero-order valence-electron chi connectivity index (χ0n) is 17.7. The summed E-state index contributed by atoms with van der Waals surface area (Å²) in [6, 6.07) is 0. The molecule has 0 rings (SSSR count). The standard InChI is InChI=1S/2C3H6O2S.2C2H6O2S2.2C2H4O2S/c2*4-3(5)1-2-6;2*3-1-5-6-2-4;2*3-2(4)1-5/h2*6H,1-2H2,(H,4,5);2*3-4H,1-2H2;2*5H,1H2,(H,3,4). The van der Waals surface area contributed by atoms with Gasteiger partial charge in [0.05, 0.1) is 48.1 Å². The Balaban J connectivity index is -0.0000000693. The predicted octanol–water partition coefficient (Wildman–Crippen LogP) is 1.32. The van der Waals surface area contributed by atoms with Gasteiger partial charge in [0.25, 0.3) is 0 Å². The molecular formula is C14H32O12S8. The van der Waals surface area contributed by atoms with E-state index in [0.29, 0.717) is 11.5 Å². The summed E-state index contributed by atoms with van der Waals surface area (Å²) >= 11 is 14.2. The van der Waals surface area contributed by atoms with Crippen LogP contribution in [-0.4, -0.2) is 111 Å². The maximum atomic E-state index is 9.55. The van der Waals surface area contributed by atoms with E-state index in [2.05, 4.69) is 50.5 Å². The van der Waals surface area contributed by atoms with Crippen LogP contribution in [0, 0.1) is 0 Å². The van der Waals surface area contributed by atoms with Gasteiger partial charge >= 0.3 is 23.9 Å². The normalized spacial score (nSPS) is 8.24. The van der Waals surface area contributed by atoms with Gasteiger partial charge in [-0.05, 0) is 0 Å². The van der Waals surface area contributed by atoms with Gasteiger partial charge < -0.3 is 40.9 Å². The minimum atomic E-state index is -0.881. The maximum absolute atomic E-state index is 9.55. The molecule has 34 heavy (non-hydrogen) atoms. The molecule has 0 fully saturated rings. The van der Waals surface area contributed by atoms with Crippen molar-refractivity contribution in [2.45, 2.75) is 12.8 Å². The topological polar surface area (TPSA) is 230 Å². The van der Waals surface area contributed by atoms with Crippen LogP contribution in [0.25, 0.3) is 0 Å². The third-order valence-corrected chi connectivity index (χ3v) is 5.31. The summed E-state index contributed by atoms with van der Waals surface area (Å²) in [5.41, 5.74) is 0. The monoisotopic (exact) mass is 648 g/mol. The first kappa shape index (κ1) is 47.7. The summed E-state index contributed by atoms with van der Waals surface area (Å²) in [5, 5.41) is 63.1. The fraction of sp³-hybridized carbons (Fsp3) is 0.714. The molecule has 0 aromatic rings. The van der Waals surface area contributed by atoms with Crippen LogP contribution in [0.15, 0.2) is 0 Å². The molecule has 0 amide bonds. The van der Waals surface area contributed by atoms with Gasteiger partial charge in [0.1, 0.15) is 0 Å². The smallest absolute Gasteiger partial charge is 0.313 e. The molecule has 0 saturated carbocycles. The van der Waals surface area contributed by atoms with E-state index in [1.165, 1.54) is 43.2 Å². The van der Waals surface area contributed by atoms with E-state index in [1.54, 1.807) is 0 Å². The SMILES string of the molecule is O=C(O)CCS.O=C(O)CCS.O=C(O)CS.O=C(O)CS.OCSSCO.OCSSCO. The number of carboxylic acid groups (broad SMARTS) is 4. The second kappa shape index (κ2) is 50.4. The van der Waals surface area contributed by atoms with Crippen LogP contribution in [-0.2, 0) is 19.2 Å². The number of thiol groups is 4. The van der Waals surface area contributed by atoms with Crippen molar-refractivity contribution in [2.75, 3.05) is 46.8 Å². The summed E-state index contributed by atoms with van der Waals surface area (Å²) in [4.78, 5) is 37.7. The Bertz CT molecular complexity index is 389. The van der Waals surface area contributed by atoms with E-state index in [-0.39, 0.29) is 48.1 Å².